The third-order valence-corrected chi connectivity index (χ3v) is 8.57. The van der Waals surface area contributed by atoms with Crippen LogP contribution in [0.3, 0.4) is 0 Å². The lowest BCUT2D eigenvalue weighted by atomic mass is 9.83. The fraction of sp³-hybridized carbons (Fsp3) is 0.125. The Bertz CT molecular complexity index is 2030. The number of aromatic nitrogens is 1. The van der Waals surface area contributed by atoms with E-state index in [1.54, 1.807) is 24.3 Å². The molecule has 0 saturated carbocycles. The second-order valence-corrected chi connectivity index (χ2v) is 11.0. The summed E-state index contributed by atoms with van der Waals surface area (Å²) in [5, 5.41) is 11.3. The van der Waals surface area contributed by atoms with E-state index in [1.165, 1.54) is 29.0 Å². The van der Waals surface area contributed by atoms with E-state index in [9.17, 15) is 14.9 Å². The number of fused-ring (bicyclic) bond motifs is 3. The van der Waals surface area contributed by atoms with Crippen LogP contribution in [0.2, 0.25) is 0 Å². The van der Waals surface area contributed by atoms with Crippen LogP contribution in [0.1, 0.15) is 40.5 Å². The molecule has 0 fully saturated rings. The van der Waals surface area contributed by atoms with Gasteiger partial charge in [-0.1, -0.05) is 72.0 Å². The third-order valence-electron chi connectivity index (χ3n) is 7.59. The van der Waals surface area contributed by atoms with Gasteiger partial charge in [0.1, 0.15) is 11.5 Å². The second-order valence-electron chi connectivity index (χ2n) is 9.98. The highest BCUT2D eigenvalue weighted by molar-refractivity contribution is 7.07. The number of rotatable bonds is 4. The van der Waals surface area contributed by atoms with Crippen LogP contribution in [0, 0.1) is 17.0 Å². The normalized spacial score (nSPS) is 16.2. The summed E-state index contributed by atoms with van der Waals surface area (Å²) in [5.41, 5.74) is 6.96. The molecule has 0 N–H and O–H groups in total. The molecule has 1 atom stereocenters. The van der Waals surface area contributed by atoms with Gasteiger partial charge in [0.2, 0.25) is 0 Å². The SMILES string of the molecule is Cc1ccc([N+](=O)[O-])cc1-c1ccc(/C=c2\sc3n(c2=O)[C@H](c2ccccc2)C2=C(N=3)c3ccccc3CC2)o1. The zero-order valence-electron chi connectivity index (χ0n) is 21.5. The van der Waals surface area contributed by atoms with Crippen molar-refractivity contribution in [3.63, 3.8) is 0 Å². The topological polar surface area (TPSA) is 90.6 Å². The number of nitrogens with zero attached hydrogens (tertiary/aromatic N) is 3. The maximum Gasteiger partial charge on any atom is 0.271 e. The number of nitro groups is 1. The first-order valence-electron chi connectivity index (χ1n) is 13.0. The van der Waals surface area contributed by atoms with Gasteiger partial charge in [-0.3, -0.25) is 19.5 Å². The maximum absolute atomic E-state index is 13.9. The molecule has 2 aliphatic rings. The van der Waals surface area contributed by atoms with Gasteiger partial charge < -0.3 is 4.42 Å². The zero-order chi connectivity index (χ0) is 27.4. The predicted molar refractivity (Wildman–Crippen MR) is 155 cm³/mol. The predicted octanol–water partition coefficient (Wildman–Crippen LogP) is 5.80. The molecule has 3 aromatic carbocycles. The average Bonchev–Trinajstić information content (AvgIpc) is 3.56. The Labute approximate surface area is 232 Å². The van der Waals surface area contributed by atoms with E-state index < -0.39 is 4.92 Å². The lowest BCUT2D eigenvalue weighted by Gasteiger charge is -2.30. The second kappa shape index (κ2) is 9.43. The first-order valence-corrected chi connectivity index (χ1v) is 13.8. The Morgan fingerprint density at radius 1 is 1.00 bits per heavy atom. The van der Waals surface area contributed by atoms with E-state index in [0.29, 0.717) is 26.4 Å². The van der Waals surface area contributed by atoms with Crippen LogP contribution in [-0.2, 0) is 6.42 Å². The van der Waals surface area contributed by atoms with Gasteiger partial charge in [-0.05, 0) is 54.2 Å². The number of non-ortho nitro benzene ring substituents is 1. The number of allylic oxidation sites excluding steroid dienone is 1. The van der Waals surface area contributed by atoms with Crippen LogP contribution in [0.4, 0.5) is 5.69 Å². The Morgan fingerprint density at radius 2 is 1.80 bits per heavy atom. The molecule has 1 aliphatic carbocycles. The first-order chi connectivity index (χ1) is 19.5. The summed E-state index contributed by atoms with van der Waals surface area (Å²) in [6, 6.07) is 26.5. The smallest absolute Gasteiger partial charge is 0.271 e. The number of benzene rings is 3. The van der Waals surface area contributed by atoms with Crippen LogP contribution in [0.15, 0.2) is 105 Å². The molecule has 7 nitrogen and oxygen atoms in total. The number of hydrogen-bond donors (Lipinski definition) is 0. The van der Waals surface area contributed by atoms with Gasteiger partial charge in [0.25, 0.3) is 11.2 Å². The van der Waals surface area contributed by atoms with Crippen molar-refractivity contribution in [2.45, 2.75) is 25.8 Å². The van der Waals surface area contributed by atoms with Gasteiger partial charge >= 0.3 is 0 Å². The number of furan rings is 1. The highest BCUT2D eigenvalue weighted by Gasteiger charge is 2.32. The molecule has 0 saturated heterocycles. The monoisotopic (exact) mass is 545 g/mol. The van der Waals surface area contributed by atoms with E-state index >= 15 is 0 Å². The summed E-state index contributed by atoms with van der Waals surface area (Å²) in [7, 11) is 0. The molecule has 0 unspecified atom stereocenters. The first kappa shape index (κ1) is 24.2. The minimum atomic E-state index is -0.422. The van der Waals surface area contributed by atoms with Crippen molar-refractivity contribution in [2.75, 3.05) is 0 Å². The van der Waals surface area contributed by atoms with Gasteiger partial charge in [-0.2, -0.15) is 0 Å². The minimum absolute atomic E-state index is 0.00156. The van der Waals surface area contributed by atoms with Gasteiger partial charge in [0.15, 0.2) is 4.80 Å². The summed E-state index contributed by atoms with van der Waals surface area (Å²) in [6.07, 6.45) is 3.48. The molecule has 2 aromatic heterocycles. The molecule has 0 bridgehead atoms. The van der Waals surface area contributed by atoms with Crippen molar-refractivity contribution < 1.29 is 9.34 Å². The summed E-state index contributed by atoms with van der Waals surface area (Å²) < 4.78 is 8.40. The standard InChI is InChI=1S/C32H23N3O4S/c1-19-11-13-22(35(37)38)17-26(19)27-16-14-23(39-27)18-28-31(36)34-30(21-8-3-2-4-9-21)25-15-12-20-7-5-6-10-24(20)29(25)33-32(34)40-28/h2-11,13-14,16-18,30H,12,15H2,1H3/b28-18-/t30-/m1/s1. The van der Waals surface area contributed by atoms with Gasteiger partial charge in [-0.15, -0.1) is 0 Å². The van der Waals surface area contributed by atoms with Gasteiger partial charge in [-0.25, -0.2) is 4.99 Å². The molecule has 196 valence electrons. The highest BCUT2D eigenvalue weighted by Crippen LogP contribution is 2.41. The highest BCUT2D eigenvalue weighted by atomic mass is 32.1. The van der Waals surface area contributed by atoms with E-state index in [4.69, 9.17) is 9.41 Å². The molecular formula is C32H23N3O4S. The molecular weight excluding hydrogens is 522 g/mol. The van der Waals surface area contributed by atoms with E-state index in [0.717, 1.165) is 40.8 Å². The molecule has 5 aromatic rings. The van der Waals surface area contributed by atoms with Crippen LogP contribution in [0.5, 0.6) is 0 Å². The fourth-order valence-electron chi connectivity index (χ4n) is 5.65. The molecule has 1 aliphatic heterocycles. The summed E-state index contributed by atoms with van der Waals surface area (Å²) >= 11 is 1.34. The average molecular weight is 546 g/mol. The van der Waals surface area contributed by atoms with Crippen LogP contribution in [-0.4, -0.2) is 9.49 Å². The van der Waals surface area contributed by atoms with E-state index in [2.05, 4.69) is 30.3 Å². The van der Waals surface area contributed by atoms with Crippen molar-refractivity contribution in [1.29, 1.82) is 0 Å². The van der Waals surface area contributed by atoms with Crippen molar-refractivity contribution in [1.82, 2.24) is 4.57 Å². The number of thiazole rings is 1. The molecule has 40 heavy (non-hydrogen) atoms. The fourth-order valence-corrected chi connectivity index (χ4v) is 6.63. The van der Waals surface area contributed by atoms with Crippen LogP contribution >= 0.6 is 11.3 Å². The summed E-state index contributed by atoms with van der Waals surface area (Å²) in [6.45, 7) is 1.88. The quantitative estimate of drug-likeness (QED) is 0.211. The number of hydrogen-bond acceptors (Lipinski definition) is 6. The largest absolute Gasteiger partial charge is 0.457 e. The van der Waals surface area contributed by atoms with Crippen molar-refractivity contribution in [2.24, 2.45) is 4.99 Å². The molecule has 0 amide bonds. The molecule has 0 radical (unpaired) electrons. The molecule has 7 rings (SSSR count). The minimum Gasteiger partial charge on any atom is -0.457 e. The molecule has 0 spiro atoms. The van der Waals surface area contributed by atoms with Crippen molar-refractivity contribution in [3.05, 3.63) is 148 Å². The van der Waals surface area contributed by atoms with E-state index in [-0.39, 0.29) is 17.3 Å². The Balaban J connectivity index is 1.38. The zero-order valence-corrected chi connectivity index (χ0v) is 22.4. The van der Waals surface area contributed by atoms with E-state index in [1.807, 2.05) is 35.8 Å². The number of aryl methyl sites for hydroxylation is 2. The lowest BCUT2D eigenvalue weighted by molar-refractivity contribution is -0.384. The van der Waals surface area contributed by atoms with Gasteiger partial charge in [0, 0.05) is 29.3 Å². The molecule has 8 heteroatoms. The molecule has 3 heterocycles. The third kappa shape index (κ3) is 3.96. The van der Waals surface area contributed by atoms with Gasteiger partial charge in [0.05, 0.1) is 21.2 Å². The lowest BCUT2D eigenvalue weighted by Crippen LogP contribution is -2.38. The summed E-state index contributed by atoms with van der Waals surface area (Å²) in [4.78, 5) is 30.5. The maximum atomic E-state index is 13.9. The number of nitro benzene ring substituents is 1. The van der Waals surface area contributed by atoms with Crippen LogP contribution in [0.25, 0.3) is 23.1 Å². The van der Waals surface area contributed by atoms with Crippen LogP contribution < -0.4 is 14.9 Å². The Hall–Kier alpha value is -4.82. The van der Waals surface area contributed by atoms with Crippen molar-refractivity contribution in [3.8, 4) is 11.3 Å². The summed E-state index contributed by atoms with van der Waals surface area (Å²) in [5.74, 6) is 1.01. The Kier molecular flexibility index (Phi) is 5.71. The van der Waals surface area contributed by atoms with Crippen molar-refractivity contribution >= 4 is 28.8 Å². The Morgan fingerprint density at radius 3 is 2.62 bits per heavy atom.